The third-order valence-corrected chi connectivity index (χ3v) is 1.78. The average molecular weight is 144 g/mol. The van der Waals surface area contributed by atoms with E-state index in [9.17, 15) is 0 Å². The highest BCUT2D eigenvalue weighted by Gasteiger charge is 2.08. The van der Waals surface area contributed by atoms with E-state index in [0.717, 1.165) is 6.54 Å². The minimum atomic E-state index is 0.704. The van der Waals surface area contributed by atoms with Crippen LogP contribution in [0.25, 0.3) is 0 Å². The maximum absolute atomic E-state index is 2.28. The molecule has 0 aromatic heterocycles. The second-order valence-electron chi connectivity index (χ2n) is 3.29. The van der Waals surface area contributed by atoms with Crippen LogP contribution in [0.5, 0.6) is 0 Å². The first-order valence-electron chi connectivity index (χ1n) is 3.89. The SMILES string of the molecule is CCC(CN(C)C)N(C)C. The Kier molecular flexibility index (Phi) is 4.65. The number of likely N-dealkylation sites (N-methyl/N-ethyl adjacent to an activating group) is 2. The van der Waals surface area contributed by atoms with Crippen LogP contribution in [0.4, 0.5) is 0 Å². The molecule has 10 heavy (non-hydrogen) atoms. The maximum atomic E-state index is 2.28. The zero-order valence-corrected chi connectivity index (χ0v) is 7.89. The van der Waals surface area contributed by atoms with Crippen LogP contribution < -0.4 is 0 Å². The summed E-state index contributed by atoms with van der Waals surface area (Å²) in [5.74, 6) is 0. The molecule has 0 fully saturated rings. The van der Waals surface area contributed by atoms with Gasteiger partial charge in [0, 0.05) is 12.6 Å². The molecule has 0 aromatic carbocycles. The van der Waals surface area contributed by atoms with Gasteiger partial charge in [-0.05, 0) is 34.6 Å². The van der Waals surface area contributed by atoms with Gasteiger partial charge < -0.3 is 9.80 Å². The van der Waals surface area contributed by atoms with Crippen LogP contribution in [-0.2, 0) is 0 Å². The average Bonchev–Trinajstić information content (AvgIpc) is 1.81. The smallest absolute Gasteiger partial charge is 0.0214 e. The Morgan fingerprint density at radius 3 is 1.70 bits per heavy atom. The zero-order chi connectivity index (χ0) is 8.15. The molecule has 2 nitrogen and oxygen atoms in total. The lowest BCUT2D eigenvalue weighted by Crippen LogP contribution is -2.36. The van der Waals surface area contributed by atoms with E-state index >= 15 is 0 Å². The first-order valence-corrected chi connectivity index (χ1v) is 3.89. The van der Waals surface area contributed by atoms with Crippen molar-refractivity contribution in [1.29, 1.82) is 0 Å². The van der Waals surface area contributed by atoms with E-state index in [4.69, 9.17) is 0 Å². The molecule has 62 valence electrons. The molecular weight excluding hydrogens is 124 g/mol. The van der Waals surface area contributed by atoms with Crippen LogP contribution in [-0.4, -0.2) is 50.6 Å². The molecule has 0 aromatic rings. The summed E-state index contributed by atoms with van der Waals surface area (Å²) in [4.78, 5) is 4.51. The van der Waals surface area contributed by atoms with Crippen LogP contribution in [0.15, 0.2) is 0 Å². The molecule has 0 saturated carbocycles. The largest absolute Gasteiger partial charge is 0.308 e. The van der Waals surface area contributed by atoms with Gasteiger partial charge in [-0.2, -0.15) is 0 Å². The van der Waals surface area contributed by atoms with E-state index < -0.39 is 0 Å². The predicted octanol–water partition coefficient (Wildman–Crippen LogP) is 0.888. The summed E-state index contributed by atoms with van der Waals surface area (Å²) in [5.41, 5.74) is 0. The van der Waals surface area contributed by atoms with Crippen molar-refractivity contribution >= 4 is 0 Å². The van der Waals surface area contributed by atoms with Crippen molar-refractivity contribution in [3.8, 4) is 0 Å². The van der Waals surface area contributed by atoms with Crippen molar-refractivity contribution < 1.29 is 0 Å². The minimum Gasteiger partial charge on any atom is -0.308 e. The Labute approximate surface area is 64.8 Å². The van der Waals surface area contributed by atoms with Crippen molar-refractivity contribution in [2.45, 2.75) is 19.4 Å². The first-order chi connectivity index (χ1) is 4.57. The Balaban J connectivity index is 3.60. The van der Waals surface area contributed by atoms with Crippen molar-refractivity contribution in [1.82, 2.24) is 9.80 Å². The summed E-state index contributed by atoms with van der Waals surface area (Å²) in [6, 6.07) is 0.704. The number of hydrogen-bond donors (Lipinski definition) is 0. The number of nitrogens with zero attached hydrogens (tertiary/aromatic N) is 2. The highest BCUT2D eigenvalue weighted by Crippen LogP contribution is 1.98. The van der Waals surface area contributed by atoms with Gasteiger partial charge in [-0.15, -0.1) is 0 Å². The van der Waals surface area contributed by atoms with Gasteiger partial charge in [-0.3, -0.25) is 0 Å². The fourth-order valence-electron chi connectivity index (χ4n) is 1.08. The van der Waals surface area contributed by atoms with Gasteiger partial charge >= 0.3 is 0 Å². The summed E-state index contributed by atoms with van der Waals surface area (Å²) in [6.07, 6.45) is 1.23. The van der Waals surface area contributed by atoms with Gasteiger partial charge in [0.25, 0.3) is 0 Å². The lowest BCUT2D eigenvalue weighted by atomic mass is 10.2. The van der Waals surface area contributed by atoms with Crippen molar-refractivity contribution in [3.63, 3.8) is 0 Å². The van der Waals surface area contributed by atoms with Gasteiger partial charge in [0.15, 0.2) is 0 Å². The number of hydrogen-bond acceptors (Lipinski definition) is 2. The number of rotatable bonds is 4. The van der Waals surface area contributed by atoms with Gasteiger partial charge in [-0.25, -0.2) is 0 Å². The highest BCUT2D eigenvalue weighted by molar-refractivity contribution is 4.65. The lowest BCUT2D eigenvalue weighted by molar-refractivity contribution is 0.223. The third-order valence-electron chi connectivity index (χ3n) is 1.78. The topological polar surface area (TPSA) is 6.48 Å². The molecule has 0 aliphatic heterocycles. The Morgan fingerprint density at radius 2 is 1.60 bits per heavy atom. The van der Waals surface area contributed by atoms with Crippen LogP contribution in [0, 0.1) is 0 Å². The van der Waals surface area contributed by atoms with Gasteiger partial charge in [-0.1, -0.05) is 6.92 Å². The van der Waals surface area contributed by atoms with Crippen molar-refractivity contribution in [2.24, 2.45) is 0 Å². The van der Waals surface area contributed by atoms with Gasteiger partial charge in [0.05, 0.1) is 0 Å². The fourth-order valence-corrected chi connectivity index (χ4v) is 1.08. The molecule has 0 rings (SSSR count). The molecule has 0 N–H and O–H groups in total. The van der Waals surface area contributed by atoms with E-state index in [1.165, 1.54) is 6.42 Å². The van der Waals surface area contributed by atoms with Crippen LogP contribution in [0.1, 0.15) is 13.3 Å². The van der Waals surface area contributed by atoms with Crippen LogP contribution in [0.3, 0.4) is 0 Å². The molecule has 0 aliphatic carbocycles. The normalized spacial score (nSPS) is 14.7. The first kappa shape index (κ1) is 9.92. The van der Waals surface area contributed by atoms with Crippen LogP contribution in [0.2, 0.25) is 0 Å². The Hall–Kier alpha value is -0.0800. The Bertz CT molecular complexity index is 79.3. The van der Waals surface area contributed by atoms with Gasteiger partial charge in [0.1, 0.15) is 0 Å². The minimum absolute atomic E-state index is 0.704. The molecule has 0 bridgehead atoms. The predicted molar refractivity (Wildman–Crippen MR) is 46.3 cm³/mol. The van der Waals surface area contributed by atoms with E-state index in [0.29, 0.717) is 6.04 Å². The summed E-state index contributed by atoms with van der Waals surface area (Å²) >= 11 is 0. The third kappa shape index (κ3) is 3.85. The van der Waals surface area contributed by atoms with Crippen LogP contribution >= 0.6 is 0 Å². The molecule has 0 radical (unpaired) electrons. The summed E-state index contributed by atoms with van der Waals surface area (Å²) in [7, 11) is 8.51. The lowest BCUT2D eigenvalue weighted by Gasteiger charge is -2.25. The zero-order valence-electron chi connectivity index (χ0n) is 7.89. The molecule has 0 saturated heterocycles. The van der Waals surface area contributed by atoms with E-state index in [-0.39, 0.29) is 0 Å². The summed E-state index contributed by atoms with van der Waals surface area (Å²) in [5, 5.41) is 0. The summed E-state index contributed by atoms with van der Waals surface area (Å²) in [6.45, 7) is 3.39. The standard InChI is InChI=1S/C8H20N2/c1-6-8(10(4)5)7-9(2)3/h8H,6-7H2,1-5H3. The maximum Gasteiger partial charge on any atom is 0.0214 e. The molecule has 1 unspecified atom stereocenters. The van der Waals surface area contributed by atoms with E-state index in [2.05, 4.69) is 44.9 Å². The van der Waals surface area contributed by atoms with Gasteiger partial charge in [0.2, 0.25) is 0 Å². The molecule has 2 heteroatoms. The van der Waals surface area contributed by atoms with Crippen molar-refractivity contribution in [2.75, 3.05) is 34.7 Å². The molecule has 0 aliphatic rings. The second kappa shape index (κ2) is 4.69. The molecule has 1 atom stereocenters. The van der Waals surface area contributed by atoms with E-state index in [1.54, 1.807) is 0 Å². The van der Waals surface area contributed by atoms with E-state index in [1.807, 2.05) is 0 Å². The molecular formula is C8H20N2. The molecule has 0 amide bonds. The quantitative estimate of drug-likeness (QED) is 0.578. The monoisotopic (exact) mass is 144 g/mol. The summed E-state index contributed by atoms with van der Waals surface area (Å²) < 4.78 is 0. The Morgan fingerprint density at radius 1 is 1.10 bits per heavy atom. The fraction of sp³-hybridized carbons (Fsp3) is 1.00. The van der Waals surface area contributed by atoms with Crippen molar-refractivity contribution in [3.05, 3.63) is 0 Å². The second-order valence-corrected chi connectivity index (χ2v) is 3.29. The molecule has 0 spiro atoms. The highest BCUT2D eigenvalue weighted by atomic mass is 15.2. The molecule has 0 heterocycles.